The number of allylic oxidation sites excluding steroid dienone is 1. The molecule has 3 saturated carbocycles. The molecule has 4 rings (SSSR count). The number of quaternary nitrogens is 1. The average Bonchev–Trinajstić information content (AvgIpc) is 3.36. The van der Waals surface area contributed by atoms with E-state index in [0.717, 1.165) is 45.0 Å². The second kappa shape index (κ2) is 11.1. The van der Waals surface area contributed by atoms with Crippen molar-refractivity contribution in [3.8, 4) is 0 Å². The molecule has 1 aromatic rings. The van der Waals surface area contributed by atoms with Crippen LogP contribution < -0.4 is 16.6 Å². The van der Waals surface area contributed by atoms with Crippen molar-refractivity contribution in [2.45, 2.75) is 71.8 Å². The molecule has 3 fully saturated rings. The Morgan fingerprint density at radius 3 is 2.58 bits per heavy atom. The molecule has 7 heteroatoms. The molecule has 0 radical (unpaired) electrons. The van der Waals surface area contributed by atoms with Crippen molar-refractivity contribution in [2.24, 2.45) is 34.5 Å². The first-order valence-electron chi connectivity index (χ1n) is 12.1. The van der Waals surface area contributed by atoms with E-state index >= 15 is 0 Å². The molecule has 0 saturated heterocycles. The van der Waals surface area contributed by atoms with E-state index in [1.807, 2.05) is 12.3 Å². The number of aliphatic hydroxyl groups excluding tert-OH is 2. The Morgan fingerprint density at radius 2 is 1.97 bits per heavy atom. The van der Waals surface area contributed by atoms with E-state index in [1.54, 1.807) is 0 Å². The molecular formula is C26H45N3O4. The van der Waals surface area contributed by atoms with Crippen LogP contribution in [0.1, 0.15) is 65.7 Å². The highest BCUT2D eigenvalue weighted by Gasteiger charge is 2.56. The summed E-state index contributed by atoms with van der Waals surface area (Å²) >= 11 is 0. The van der Waals surface area contributed by atoms with Gasteiger partial charge in [0.25, 0.3) is 0 Å². The Bertz CT molecular complexity index is 779. The number of aliphatic hydroxyl groups is 2. The fraction of sp³-hybridized carbons (Fsp3) is 0.731. The monoisotopic (exact) mass is 463 g/mol. The predicted octanol–water partition coefficient (Wildman–Crippen LogP) is 3.72. The quantitative estimate of drug-likeness (QED) is 0.423. The van der Waals surface area contributed by atoms with E-state index in [1.165, 1.54) is 24.8 Å². The maximum absolute atomic E-state index is 10.2. The van der Waals surface area contributed by atoms with Crippen LogP contribution in [0.4, 0.5) is 5.82 Å². The first kappa shape index (κ1) is 27.4. The van der Waals surface area contributed by atoms with Gasteiger partial charge in [-0.25, -0.2) is 0 Å². The highest BCUT2D eigenvalue weighted by Crippen LogP contribution is 2.63. The zero-order valence-electron chi connectivity index (χ0n) is 20.9. The summed E-state index contributed by atoms with van der Waals surface area (Å²) in [5, 5.41) is 33.0. The molecule has 0 aliphatic heterocycles. The van der Waals surface area contributed by atoms with Crippen molar-refractivity contribution >= 4 is 11.8 Å². The maximum atomic E-state index is 10.2. The summed E-state index contributed by atoms with van der Waals surface area (Å²) in [5.41, 5.74) is 1.81. The molecule has 7 atom stereocenters. The SMILES string of the molecule is C=C1CCC2[C@@H](CNc3ccc[nH]3)C([C@@]3(C)CC[C@H](O)C[C@@H]3CO)CC[C@@]12C.CC(=O)[O-].[NH4+]. The molecule has 3 aliphatic rings. The number of fused-ring (bicyclic) bond motifs is 1. The van der Waals surface area contributed by atoms with E-state index in [-0.39, 0.29) is 35.6 Å². The predicted molar refractivity (Wildman–Crippen MR) is 131 cm³/mol. The van der Waals surface area contributed by atoms with E-state index in [2.05, 4.69) is 36.8 Å². The minimum absolute atomic E-state index is 0. The third-order valence-electron chi connectivity index (χ3n) is 9.09. The Balaban J connectivity index is 0.000000714. The minimum Gasteiger partial charge on any atom is -0.550 e. The van der Waals surface area contributed by atoms with Crippen molar-refractivity contribution in [2.75, 3.05) is 18.5 Å². The number of aliphatic carboxylic acids is 1. The van der Waals surface area contributed by atoms with Gasteiger partial charge in [0.05, 0.1) is 6.10 Å². The van der Waals surface area contributed by atoms with Crippen LogP contribution in [0.3, 0.4) is 0 Å². The lowest BCUT2D eigenvalue weighted by atomic mass is 9.49. The first-order chi connectivity index (χ1) is 15.1. The number of aromatic amines is 1. The normalized spacial score (nSPS) is 37.8. The largest absolute Gasteiger partial charge is 0.550 e. The lowest BCUT2D eigenvalue weighted by molar-refractivity contribution is -0.302. The number of rotatable bonds is 5. The zero-order valence-corrected chi connectivity index (χ0v) is 20.9. The van der Waals surface area contributed by atoms with Crippen LogP contribution in [0, 0.1) is 34.5 Å². The maximum Gasteiger partial charge on any atom is 0.103 e. The van der Waals surface area contributed by atoms with Gasteiger partial charge >= 0.3 is 0 Å². The number of carboxylic acid groups (broad SMARTS) is 1. The summed E-state index contributed by atoms with van der Waals surface area (Å²) in [7, 11) is 0. The van der Waals surface area contributed by atoms with Gasteiger partial charge in [-0.1, -0.05) is 26.0 Å². The zero-order chi connectivity index (χ0) is 23.5. The summed E-state index contributed by atoms with van der Waals surface area (Å²) in [6.07, 6.45) is 9.17. The van der Waals surface area contributed by atoms with Crippen LogP contribution in [0.25, 0.3) is 0 Å². The van der Waals surface area contributed by atoms with Crippen molar-refractivity contribution in [3.05, 3.63) is 30.5 Å². The summed E-state index contributed by atoms with van der Waals surface area (Å²) in [5.74, 6) is 2.00. The van der Waals surface area contributed by atoms with Crippen molar-refractivity contribution < 1.29 is 20.1 Å². The average molecular weight is 464 g/mol. The van der Waals surface area contributed by atoms with Crippen LogP contribution in [-0.4, -0.2) is 40.4 Å². The number of aromatic nitrogens is 1. The second-order valence-corrected chi connectivity index (χ2v) is 10.7. The summed E-state index contributed by atoms with van der Waals surface area (Å²) < 4.78 is 0. The molecule has 0 bridgehead atoms. The van der Waals surface area contributed by atoms with Crippen LogP contribution in [-0.2, 0) is 4.79 Å². The van der Waals surface area contributed by atoms with Gasteiger partial charge < -0.3 is 36.6 Å². The van der Waals surface area contributed by atoms with Crippen LogP contribution in [0.15, 0.2) is 30.5 Å². The number of carboxylic acids is 1. The lowest BCUT2D eigenvalue weighted by Gasteiger charge is -2.56. The van der Waals surface area contributed by atoms with Gasteiger partial charge in [0, 0.05) is 25.3 Å². The molecule has 0 aromatic carbocycles. The van der Waals surface area contributed by atoms with E-state index in [9.17, 15) is 10.2 Å². The van der Waals surface area contributed by atoms with Crippen molar-refractivity contribution in [3.63, 3.8) is 0 Å². The first-order valence-corrected chi connectivity index (χ1v) is 12.1. The van der Waals surface area contributed by atoms with Gasteiger partial charge in [0.1, 0.15) is 5.82 Å². The summed E-state index contributed by atoms with van der Waals surface area (Å²) in [6.45, 7) is 11.4. The molecule has 3 aliphatic carbocycles. The molecule has 188 valence electrons. The Kier molecular flexibility index (Phi) is 9.19. The third kappa shape index (κ3) is 5.64. The molecule has 33 heavy (non-hydrogen) atoms. The van der Waals surface area contributed by atoms with Crippen molar-refractivity contribution in [1.82, 2.24) is 11.1 Å². The van der Waals surface area contributed by atoms with Gasteiger partial charge in [0.15, 0.2) is 0 Å². The Labute approximate surface area is 198 Å². The number of carbonyl (C=O) groups excluding carboxylic acids is 1. The number of hydrogen-bond acceptors (Lipinski definition) is 5. The van der Waals surface area contributed by atoms with Gasteiger partial charge in [-0.2, -0.15) is 0 Å². The minimum atomic E-state index is -1.08. The van der Waals surface area contributed by atoms with Gasteiger partial charge in [-0.15, -0.1) is 0 Å². The smallest absolute Gasteiger partial charge is 0.103 e. The topological polar surface area (TPSA) is 145 Å². The molecule has 1 aromatic heterocycles. The van der Waals surface area contributed by atoms with Crippen LogP contribution in [0.5, 0.6) is 0 Å². The summed E-state index contributed by atoms with van der Waals surface area (Å²) in [6, 6.07) is 4.13. The fourth-order valence-corrected chi connectivity index (χ4v) is 7.13. The Hall–Kier alpha value is -1.83. The molecule has 0 spiro atoms. The number of nitrogens with one attached hydrogen (secondary N) is 2. The molecular weight excluding hydrogens is 418 g/mol. The molecule has 8 N–H and O–H groups in total. The Morgan fingerprint density at radius 1 is 1.27 bits per heavy atom. The molecule has 7 nitrogen and oxygen atoms in total. The molecule has 0 amide bonds. The lowest BCUT2D eigenvalue weighted by Crippen LogP contribution is -2.52. The highest BCUT2D eigenvalue weighted by molar-refractivity contribution is 5.60. The third-order valence-corrected chi connectivity index (χ3v) is 9.09. The standard InChI is InChI=1S/C24H38N2O2.C2H4O2.H3N/c1-16-6-7-20-19(14-26-22-5-4-12-25-22)21(9-11-23(16,20)2)24(3)10-8-18(28)13-17(24)15-27;1-2(3)4;/h4-5,12,17-21,25-28H,1,6-11,13-15H2,2-3H3;1H3,(H,3,4);1H3/t17-,18+,19-,20?,21?,23+,24+;;/m1../s1. The number of H-pyrrole nitrogens is 1. The number of anilines is 1. The second-order valence-electron chi connectivity index (χ2n) is 10.7. The van der Waals surface area contributed by atoms with Crippen LogP contribution in [0.2, 0.25) is 0 Å². The number of carbonyl (C=O) groups is 1. The van der Waals surface area contributed by atoms with Gasteiger partial charge in [-0.05, 0) is 98.5 Å². The fourth-order valence-electron chi connectivity index (χ4n) is 7.13. The van der Waals surface area contributed by atoms with E-state index in [0.29, 0.717) is 17.8 Å². The van der Waals surface area contributed by atoms with E-state index < -0.39 is 5.97 Å². The molecule has 2 unspecified atom stereocenters. The van der Waals surface area contributed by atoms with E-state index in [4.69, 9.17) is 9.90 Å². The summed E-state index contributed by atoms with van der Waals surface area (Å²) in [4.78, 5) is 12.2. The van der Waals surface area contributed by atoms with Gasteiger partial charge in [-0.3, -0.25) is 0 Å². The van der Waals surface area contributed by atoms with Crippen molar-refractivity contribution in [1.29, 1.82) is 0 Å². The van der Waals surface area contributed by atoms with Gasteiger partial charge in [0.2, 0.25) is 0 Å². The number of hydrogen-bond donors (Lipinski definition) is 5. The highest BCUT2D eigenvalue weighted by atomic mass is 16.4. The molecule has 1 heterocycles. The van der Waals surface area contributed by atoms with Crippen LogP contribution >= 0.6 is 0 Å².